The van der Waals surface area contributed by atoms with Gasteiger partial charge in [-0.15, -0.1) is 0 Å². The van der Waals surface area contributed by atoms with Crippen molar-refractivity contribution < 1.29 is 9.18 Å². The minimum atomic E-state index is -0.258. The summed E-state index contributed by atoms with van der Waals surface area (Å²) in [6.45, 7) is 1.96. The molecule has 0 spiro atoms. The largest absolute Gasteiger partial charge is 0.339 e. The summed E-state index contributed by atoms with van der Waals surface area (Å²) in [5.41, 5.74) is 6.96. The highest BCUT2D eigenvalue weighted by Crippen LogP contribution is 2.28. The number of benzene rings is 1. The number of hydrogen-bond acceptors (Lipinski definition) is 2. The van der Waals surface area contributed by atoms with Crippen LogP contribution in [0.4, 0.5) is 4.39 Å². The Morgan fingerprint density at radius 1 is 1.40 bits per heavy atom. The van der Waals surface area contributed by atoms with Gasteiger partial charge in [0.2, 0.25) is 5.91 Å². The summed E-state index contributed by atoms with van der Waals surface area (Å²) in [5, 5.41) is 0. The lowest BCUT2D eigenvalue weighted by Gasteiger charge is -2.27. The smallest absolute Gasteiger partial charge is 0.223 e. The third-order valence-corrected chi connectivity index (χ3v) is 4.48. The molecule has 3 atom stereocenters. The number of hydrogen-bond donors (Lipinski definition) is 1. The molecule has 1 amide bonds. The van der Waals surface area contributed by atoms with Gasteiger partial charge in [-0.1, -0.05) is 18.6 Å². The van der Waals surface area contributed by atoms with Crippen LogP contribution < -0.4 is 5.73 Å². The van der Waals surface area contributed by atoms with Gasteiger partial charge < -0.3 is 10.6 Å². The Kier molecular flexibility index (Phi) is 4.76. The molecule has 2 N–H and O–H groups in total. The zero-order chi connectivity index (χ0) is 14.7. The first-order valence-electron chi connectivity index (χ1n) is 7.25. The van der Waals surface area contributed by atoms with Gasteiger partial charge in [0.1, 0.15) is 5.82 Å². The first-order valence-corrected chi connectivity index (χ1v) is 7.25. The molecule has 1 fully saturated rings. The Morgan fingerprint density at radius 2 is 2.05 bits per heavy atom. The van der Waals surface area contributed by atoms with Gasteiger partial charge in [0, 0.05) is 19.5 Å². The van der Waals surface area contributed by atoms with E-state index in [4.69, 9.17) is 5.73 Å². The van der Waals surface area contributed by atoms with Crippen molar-refractivity contribution in [3.05, 3.63) is 35.6 Å². The van der Waals surface area contributed by atoms with E-state index in [1.54, 1.807) is 24.1 Å². The van der Waals surface area contributed by atoms with E-state index in [1.807, 2.05) is 6.92 Å². The van der Waals surface area contributed by atoms with Gasteiger partial charge in [-0.05, 0) is 43.4 Å². The maximum absolute atomic E-state index is 12.9. The highest BCUT2D eigenvalue weighted by molar-refractivity contribution is 5.76. The summed E-state index contributed by atoms with van der Waals surface area (Å²) in [6, 6.07) is 6.42. The zero-order valence-electron chi connectivity index (χ0n) is 12.2. The quantitative estimate of drug-likeness (QED) is 0.920. The predicted molar refractivity (Wildman–Crippen MR) is 77.5 cm³/mol. The Labute approximate surface area is 120 Å². The van der Waals surface area contributed by atoms with E-state index in [0.29, 0.717) is 12.3 Å². The second kappa shape index (κ2) is 6.35. The summed E-state index contributed by atoms with van der Waals surface area (Å²) in [6.07, 6.45) is 3.71. The minimum Gasteiger partial charge on any atom is -0.339 e. The average molecular weight is 278 g/mol. The molecular weight excluding hydrogens is 255 g/mol. The number of nitrogens with zero attached hydrogens (tertiary/aromatic N) is 1. The summed E-state index contributed by atoms with van der Waals surface area (Å²) in [4.78, 5) is 14.1. The molecule has 3 nitrogen and oxygen atoms in total. The van der Waals surface area contributed by atoms with Crippen LogP contribution in [-0.2, 0) is 4.79 Å². The van der Waals surface area contributed by atoms with Crippen LogP contribution in [0.5, 0.6) is 0 Å². The van der Waals surface area contributed by atoms with Gasteiger partial charge in [-0.25, -0.2) is 4.39 Å². The van der Waals surface area contributed by atoms with Crippen molar-refractivity contribution in [2.45, 2.75) is 44.7 Å². The molecule has 4 heteroatoms. The Bertz CT molecular complexity index is 460. The third kappa shape index (κ3) is 3.37. The molecule has 0 aromatic heterocycles. The van der Waals surface area contributed by atoms with Crippen LogP contribution >= 0.6 is 0 Å². The second-order valence-corrected chi connectivity index (χ2v) is 5.79. The average Bonchev–Trinajstić information content (AvgIpc) is 2.83. The maximum atomic E-state index is 12.9. The summed E-state index contributed by atoms with van der Waals surface area (Å²) < 4.78 is 12.9. The Balaban J connectivity index is 1.97. The molecule has 0 radical (unpaired) electrons. The van der Waals surface area contributed by atoms with Crippen LogP contribution in [-0.4, -0.2) is 23.9 Å². The molecule has 20 heavy (non-hydrogen) atoms. The topological polar surface area (TPSA) is 46.3 Å². The predicted octanol–water partition coefficient (Wildman–Crippen LogP) is 2.86. The SMILES string of the molecule is CC(c1ccc(F)cc1)N(C)C(=O)C[C@@H]1CCC[C@H]1N. The number of halogens is 1. The van der Waals surface area contributed by atoms with Crippen LogP contribution in [0.3, 0.4) is 0 Å². The monoisotopic (exact) mass is 278 g/mol. The van der Waals surface area contributed by atoms with Crippen LogP contribution in [0.15, 0.2) is 24.3 Å². The fraction of sp³-hybridized carbons (Fsp3) is 0.562. The third-order valence-electron chi connectivity index (χ3n) is 4.48. The standard InChI is InChI=1S/C16H23FN2O/c1-11(12-6-8-14(17)9-7-12)19(2)16(20)10-13-4-3-5-15(13)18/h6-9,11,13,15H,3-5,10,18H2,1-2H3/t11?,13-,15+/m0/s1. The van der Waals surface area contributed by atoms with E-state index in [-0.39, 0.29) is 23.8 Å². The van der Waals surface area contributed by atoms with E-state index in [1.165, 1.54) is 12.1 Å². The van der Waals surface area contributed by atoms with Gasteiger partial charge in [-0.3, -0.25) is 4.79 Å². The van der Waals surface area contributed by atoms with Crippen molar-refractivity contribution in [1.29, 1.82) is 0 Å². The van der Waals surface area contributed by atoms with E-state index in [0.717, 1.165) is 24.8 Å². The van der Waals surface area contributed by atoms with Gasteiger partial charge in [0.25, 0.3) is 0 Å². The molecule has 1 aromatic rings. The number of nitrogens with two attached hydrogens (primary N) is 1. The number of carbonyl (C=O) groups is 1. The molecule has 2 rings (SSSR count). The lowest BCUT2D eigenvalue weighted by atomic mass is 9.98. The van der Waals surface area contributed by atoms with E-state index in [9.17, 15) is 9.18 Å². The number of amides is 1. The lowest BCUT2D eigenvalue weighted by Crippen LogP contribution is -2.34. The minimum absolute atomic E-state index is 0.0549. The molecular formula is C16H23FN2O. The van der Waals surface area contributed by atoms with Crippen LogP contribution in [0.2, 0.25) is 0 Å². The highest BCUT2D eigenvalue weighted by Gasteiger charge is 2.28. The normalized spacial score (nSPS) is 23.6. The first-order chi connectivity index (χ1) is 9.49. The van der Waals surface area contributed by atoms with Gasteiger partial charge in [0.15, 0.2) is 0 Å². The molecule has 1 unspecified atom stereocenters. The van der Waals surface area contributed by atoms with Crippen molar-refractivity contribution in [2.24, 2.45) is 11.7 Å². The molecule has 110 valence electrons. The molecule has 1 saturated carbocycles. The fourth-order valence-corrected chi connectivity index (χ4v) is 2.87. The molecule has 0 heterocycles. The second-order valence-electron chi connectivity index (χ2n) is 5.79. The highest BCUT2D eigenvalue weighted by atomic mass is 19.1. The van der Waals surface area contributed by atoms with Crippen molar-refractivity contribution in [3.63, 3.8) is 0 Å². The number of carbonyl (C=O) groups excluding carboxylic acids is 1. The van der Waals surface area contributed by atoms with E-state index in [2.05, 4.69) is 0 Å². The van der Waals surface area contributed by atoms with Gasteiger partial charge >= 0.3 is 0 Å². The molecule has 1 aromatic carbocycles. The molecule has 1 aliphatic rings. The Morgan fingerprint density at radius 3 is 2.60 bits per heavy atom. The van der Waals surface area contributed by atoms with Crippen molar-refractivity contribution >= 4 is 5.91 Å². The van der Waals surface area contributed by atoms with E-state index >= 15 is 0 Å². The summed E-state index contributed by atoms with van der Waals surface area (Å²) in [5.74, 6) is 0.168. The van der Waals surface area contributed by atoms with Crippen LogP contribution in [0, 0.1) is 11.7 Å². The van der Waals surface area contributed by atoms with Gasteiger partial charge in [-0.2, -0.15) is 0 Å². The maximum Gasteiger partial charge on any atom is 0.223 e. The van der Waals surface area contributed by atoms with Crippen molar-refractivity contribution in [3.8, 4) is 0 Å². The molecule has 1 aliphatic carbocycles. The number of rotatable bonds is 4. The summed E-state index contributed by atoms with van der Waals surface area (Å²) in [7, 11) is 1.80. The van der Waals surface area contributed by atoms with Crippen LogP contribution in [0.1, 0.15) is 44.2 Å². The first kappa shape index (κ1) is 15.0. The lowest BCUT2D eigenvalue weighted by molar-refractivity contribution is -0.132. The van der Waals surface area contributed by atoms with Gasteiger partial charge in [0.05, 0.1) is 6.04 Å². The van der Waals surface area contributed by atoms with Crippen molar-refractivity contribution in [1.82, 2.24) is 4.90 Å². The van der Waals surface area contributed by atoms with E-state index < -0.39 is 0 Å². The molecule has 0 aliphatic heterocycles. The molecule has 0 bridgehead atoms. The fourth-order valence-electron chi connectivity index (χ4n) is 2.87. The summed E-state index contributed by atoms with van der Waals surface area (Å²) >= 11 is 0. The van der Waals surface area contributed by atoms with Crippen LogP contribution in [0.25, 0.3) is 0 Å². The zero-order valence-corrected chi connectivity index (χ0v) is 12.2. The molecule has 0 saturated heterocycles. The Hall–Kier alpha value is -1.42. The van der Waals surface area contributed by atoms with Crippen molar-refractivity contribution in [2.75, 3.05) is 7.05 Å².